The van der Waals surface area contributed by atoms with Gasteiger partial charge in [0, 0.05) is 30.4 Å². The van der Waals surface area contributed by atoms with Gasteiger partial charge in [0.25, 0.3) is 0 Å². The van der Waals surface area contributed by atoms with Crippen LogP contribution < -0.4 is 11.1 Å². The minimum Gasteiger partial charge on any atom is -0.320 e. The number of hydrogen-bond donors (Lipinski definition) is 2. The zero-order chi connectivity index (χ0) is 21.7. The predicted molar refractivity (Wildman–Crippen MR) is 127 cm³/mol. The molecule has 0 fully saturated rings. The lowest BCUT2D eigenvalue weighted by Gasteiger charge is -2.27. The fourth-order valence-corrected chi connectivity index (χ4v) is 4.00. The standard InChI is InChI=1S/C27H35N3/c1-19(2)30-25(18-22-13-8-9-16-29-22)20-11-10-12-21(17-20)26(28)23-14-6-7-15-24(23)27(3,4)5/h6-17,19,25-26,30H,18,28H2,1-5H3. The summed E-state index contributed by atoms with van der Waals surface area (Å²) in [6, 6.07) is 23.7. The minimum absolute atomic E-state index is 0.0482. The molecule has 0 aliphatic rings. The summed E-state index contributed by atoms with van der Waals surface area (Å²) in [6.07, 6.45) is 2.70. The highest BCUT2D eigenvalue weighted by molar-refractivity contribution is 5.41. The quantitative estimate of drug-likeness (QED) is 0.533. The topological polar surface area (TPSA) is 50.9 Å². The molecule has 2 atom stereocenters. The van der Waals surface area contributed by atoms with Crippen molar-refractivity contribution in [1.82, 2.24) is 10.3 Å². The first kappa shape index (κ1) is 22.2. The van der Waals surface area contributed by atoms with Crippen LogP contribution in [0.1, 0.15) is 74.7 Å². The second-order valence-corrected chi connectivity index (χ2v) is 9.38. The van der Waals surface area contributed by atoms with Gasteiger partial charge in [-0.2, -0.15) is 0 Å². The number of aromatic nitrogens is 1. The van der Waals surface area contributed by atoms with Gasteiger partial charge in [0.2, 0.25) is 0 Å². The fraction of sp³-hybridized carbons (Fsp3) is 0.370. The Morgan fingerprint density at radius 1 is 0.900 bits per heavy atom. The van der Waals surface area contributed by atoms with Crippen molar-refractivity contribution in [2.75, 3.05) is 0 Å². The highest BCUT2D eigenvalue weighted by atomic mass is 14.9. The zero-order valence-electron chi connectivity index (χ0n) is 18.9. The molecule has 2 unspecified atom stereocenters. The van der Waals surface area contributed by atoms with E-state index in [9.17, 15) is 0 Å². The molecule has 1 aromatic heterocycles. The van der Waals surface area contributed by atoms with E-state index in [4.69, 9.17) is 5.73 Å². The minimum atomic E-state index is -0.157. The molecule has 3 heteroatoms. The molecule has 3 nitrogen and oxygen atoms in total. The highest BCUT2D eigenvalue weighted by Crippen LogP contribution is 2.32. The molecule has 0 saturated carbocycles. The molecule has 0 aliphatic heterocycles. The van der Waals surface area contributed by atoms with Gasteiger partial charge in [-0.1, -0.05) is 89.2 Å². The van der Waals surface area contributed by atoms with Crippen molar-refractivity contribution in [3.05, 3.63) is 101 Å². The second kappa shape index (κ2) is 9.55. The first-order valence-electron chi connectivity index (χ1n) is 10.9. The van der Waals surface area contributed by atoms with Gasteiger partial charge in [0.1, 0.15) is 0 Å². The largest absolute Gasteiger partial charge is 0.320 e. The summed E-state index contributed by atoms with van der Waals surface area (Å²) >= 11 is 0. The van der Waals surface area contributed by atoms with Crippen LogP contribution in [0.4, 0.5) is 0 Å². The third kappa shape index (κ3) is 5.56. The average Bonchev–Trinajstić information content (AvgIpc) is 2.73. The predicted octanol–water partition coefficient (Wildman–Crippen LogP) is 5.71. The second-order valence-electron chi connectivity index (χ2n) is 9.38. The summed E-state index contributed by atoms with van der Waals surface area (Å²) in [5.41, 5.74) is 12.8. The number of hydrogen-bond acceptors (Lipinski definition) is 3. The summed E-state index contributed by atoms with van der Waals surface area (Å²) in [5.74, 6) is 0. The molecule has 0 radical (unpaired) electrons. The van der Waals surface area contributed by atoms with Gasteiger partial charge in [-0.05, 0) is 39.8 Å². The Labute approximate surface area is 181 Å². The third-order valence-electron chi connectivity index (χ3n) is 5.45. The number of nitrogens with two attached hydrogens (primary N) is 1. The molecule has 2 aromatic carbocycles. The Morgan fingerprint density at radius 3 is 2.27 bits per heavy atom. The molecular weight excluding hydrogens is 366 g/mol. The van der Waals surface area contributed by atoms with Gasteiger partial charge in [0.05, 0.1) is 6.04 Å². The van der Waals surface area contributed by atoms with Crippen LogP contribution in [-0.2, 0) is 11.8 Å². The van der Waals surface area contributed by atoms with E-state index in [1.165, 1.54) is 16.7 Å². The van der Waals surface area contributed by atoms with Crippen LogP contribution in [0.2, 0.25) is 0 Å². The highest BCUT2D eigenvalue weighted by Gasteiger charge is 2.22. The molecule has 0 aliphatic carbocycles. The number of pyridine rings is 1. The molecule has 3 N–H and O–H groups in total. The maximum atomic E-state index is 6.80. The first-order chi connectivity index (χ1) is 14.3. The van der Waals surface area contributed by atoms with Crippen LogP contribution in [0.5, 0.6) is 0 Å². The van der Waals surface area contributed by atoms with Gasteiger partial charge >= 0.3 is 0 Å². The molecular formula is C27H35N3. The molecule has 0 spiro atoms. The van der Waals surface area contributed by atoms with E-state index in [-0.39, 0.29) is 17.5 Å². The summed E-state index contributed by atoms with van der Waals surface area (Å²) in [4.78, 5) is 4.53. The first-order valence-corrected chi connectivity index (χ1v) is 10.9. The van der Waals surface area contributed by atoms with E-state index in [2.05, 4.69) is 99.5 Å². The Balaban J connectivity index is 1.94. The Kier molecular flexibility index (Phi) is 7.06. The van der Waals surface area contributed by atoms with Crippen molar-refractivity contribution < 1.29 is 0 Å². The fourth-order valence-electron chi connectivity index (χ4n) is 4.00. The summed E-state index contributed by atoms with van der Waals surface area (Å²) in [7, 11) is 0. The van der Waals surface area contributed by atoms with Crippen molar-refractivity contribution >= 4 is 0 Å². The van der Waals surface area contributed by atoms with Crippen LogP contribution in [0.3, 0.4) is 0 Å². The van der Waals surface area contributed by atoms with Crippen molar-refractivity contribution in [3.63, 3.8) is 0 Å². The van der Waals surface area contributed by atoms with Crippen LogP contribution in [0, 0.1) is 0 Å². The zero-order valence-corrected chi connectivity index (χ0v) is 18.9. The van der Waals surface area contributed by atoms with Gasteiger partial charge in [-0.3, -0.25) is 4.98 Å². The van der Waals surface area contributed by atoms with Crippen LogP contribution in [-0.4, -0.2) is 11.0 Å². The molecule has 158 valence electrons. The molecule has 0 bridgehead atoms. The molecule has 0 saturated heterocycles. The normalized spacial score (nSPS) is 14.0. The Morgan fingerprint density at radius 2 is 1.60 bits per heavy atom. The lowest BCUT2D eigenvalue weighted by molar-refractivity contribution is 0.471. The van der Waals surface area contributed by atoms with E-state index in [0.29, 0.717) is 6.04 Å². The lowest BCUT2D eigenvalue weighted by Crippen LogP contribution is -2.30. The van der Waals surface area contributed by atoms with E-state index >= 15 is 0 Å². The lowest BCUT2D eigenvalue weighted by atomic mass is 9.80. The number of rotatable bonds is 7. The van der Waals surface area contributed by atoms with Crippen LogP contribution in [0.25, 0.3) is 0 Å². The smallest absolute Gasteiger partial charge is 0.0554 e. The van der Waals surface area contributed by atoms with Crippen molar-refractivity contribution in [1.29, 1.82) is 0 Å². The van der Waals surface area contributed by atoms with E-state index < -0.39 is 0 Å². The van der Waals surface area contributed by atoms with E-state index in [1.807, 2.05) is 18.3 Å². The van der Waals surface area contributed by atoms with Crippen LogP contribution >= 0.6 is 0 Å². The Bertz CT molecular complexity index is 942. The van der Waals surface area contributed by atoms with Crippen molar-refractivity contribution in [2.24, 2.45) is 5.73 Å². The molecule has 3 aromatic rings. The maximum Gasteiger partial charge on any atom is 0.0554 e. The molecule has 0 amide bonds. The van der Waals surface area contributed by atoms with Gasteiger partial charge < -0.3 is 11.1 Å². The molecule has 3 rings (SSSR count). The van der Waals surface area contributed by atoms with Crippen molar-refractivity contribution in [2.45, 2.75) is 64.6 Å². The molecule has 1 heterocycles. The van der Waals surface area contributed by atoms with Crippen LogP contribution in [0.15, 0.2) is 72.9 Å². The van der Waals surface area contributed by atoms with Gasteiger partial charge in [0.15, 0.2) is 0 Å². The number of nitrogens with one attached hydrogen (secondary N) is 1. The van der Waals surface area contributed by atoms with E-state index in [1.54, 1.807) is 0 Å². The van der Waals surface area contributed by atoms with E-state index in [0.717, 1.165) is 17.7 Å². The average molecular weight is 402 g/mol. The van der Waals surface area contributed by atoms with Gasteiger partial charge in [-0.15, -0.1) is 0 Å². The van der Waals surface area contributed by atoms with Crippen molar-refractivity contribution in [3.8, 4) is 0 Å². The van der Waals surface area contributed by atoms with Gasteiger partial charge in [-0.25, -0.2) is 0 Å². The summed E-state index contributed by atoms with van der Waals surface area (Å²) in [6.45, 7) is 11.1. The maximum absolute atomic E-state index is 6.80. The number of nitrogens with zero attached hydrogens (tertiary/aromatic N) is 1. The monoisotopic (exact) mass is 401 g/mol. The molecule has 30 heavy (non-hydrogen) atoms. The summed E-state index contributed by atoms with van der Waals surface area (Å²) in [5, 5.41) is 3.71. The SMILES string of the molecule is CC(C)NC(Cc1ccccn1)c1cccc(C(N)c2ccccc2C(C)(C)C)c1. The number of benzene rings is 2. The summed E-state index contributed by atoms with van der Waals surface area (Å²) < 4.78 is 0. The third-order valence-corrected chi connectivity index (χ3v) is 5.45. The Hall–Kier alpha value is -2.49.